The lowest BCUT2D eigenvalue weighted by molar-refractivity contribution is -0.0159. The van der Waals surface area contributed by atoms with E-state index >= 15 is 0 Å². The molecule has 0 bridgehead atoms. The maximum atomic E-state index is 11.9. The molecule has 17 heavy (non-hydrogen) atoms. The first-order valence-electron chi connectivity index (χ1n) is 5.81. The Kier molecular flexibility index (Phi) is 3.64. The molecule has 0 spiro atoms. The van der Waals surface area contributed by atoms with Crippen molar-refractivity contribution in [1.29, 1.82) is 0 Å². The monoisotopic (exact) mass is 235 g/mol. The zero-order valence-corrected chi connectivity index (χ0v) is 9.94. The van der Waals surface area contributed by atoms with E-state index in [1.807, 2.05) is 6.92 Å². The molecule has 2 N–H and O–H groups in total. The Bertz CT molecular complexity index is 411. The van der Waals surface area contributed by atoms with E-state index < -0.39 is 0 Å². The smallest absolute Gasteiger partial charge is 0.338 e. The molecule has 1 aliphatic heterocycles. The van der Waals surface area contributed by atoms with Crippen molar-refractivity contribution in [3.63, 3.8) is 0 Å². The summed E-state index contributed by atoms with van der Waals surface area (Å²) >= 11 is 0. The lowest BCUT2D eigenvalue weighted by Gasteiger charge is -2.22. The fraction of sp³-hybridized carbons (Fsp3) is 0.462. The number of aryl methyl sites for hydroxylation is 1. The molecule has 92 valence electrons. The van der Waals surface area contributed by atoms with Crippen LogP contribution in [0.1, 0.15) is 28.8 Å². The van der Waals surface area contributed by atoms with Crippen LogP contribution in [0.2, 0.25) is 0 Å². The van der Waals surface area contributed by atoms with Crippen molar-refractivity contribution < 1.29 is 14.3 Å². The van der Waals surface area contributed by atoms with Crippen LogP contribution < -0.4 is 5.73 Å². The molecule has 1 heterocycles. The summed E-state index contributed by atoms with van der Waals surface area (Å²) in [5.41, 5.74) is 7.74. The molecular weight excluding hydrogens is 218 g/mol. The van der Waals surface area contributed by atoms with Gasteiger partial charge in [0.25, 0.3) is 0 Å². The topological polar surface area (TPSA) is 61.6 Å². The number of carbonyl (C=O) groups is 1. The summed E-state index contributed by atoms with van der Waals surface area (Å²) < 4.78 is 10.7. The first-order chi connectivity index (χ1) is 8.16. The average Bonchev–Trinajstić information content (AvgIpc) is 2.30. The molecule has 1 aliphatic rings. The van der Waals surface area contributed by atoms with Crippen molar-refractivity contribution in [3.05, 3.63) is 29.3 Å². The number of hydrogen-bond donors (Lipinski definition) is 1. The van der Waals surface area contributed by atoms with Crippen molar-refractivity contribution in [2.24, 2.45) is 0 Å². The van der Waals surface area contributed by atoms with Crippen LogP contribution in [0.3, 0.4) is 0 Å². The Balaban J connectivity index is 2.03. The van der Waals surface area contributed by atoms with Gasteiger partial charge in [-0.3, -0.25) is 0 Å². The number of esters is 1. The highest BCUT2D eigenvalue weighted by Gasteiger charge is 2.20. The number of rotatable bonds is 2. The Morgan fingerprint density at radius 2 is 2.12 bits per heavy atom. The van der Waals surface area contributed by atoms with Crippen LogP contribution in [-0.2, 0) is 9.47 Å². The SMILES string of the molecule is Cc1cc(N)ccc1C(=O)OC1CCOCC1. The van der Waals surface area contributed by atoms with E-state index in [4.69, 9.17) is 15.2 Å². The van der Waals surface area contributed by atoms with Crippen molar-refractivity contribution in [1.82, 2.24) is 0 Å². The fourth-order valence-electron chi connectivity index (χ4n) is 1.92. The standard InChI is InChI=1S/C13H17NO3/c1-9-8-10(14)2-3-12(9)13(15)17-11-4-6-16-7-5-11/h2-3,8,11H,4-7,14H2,1H3. The minimum atomic E-state index is -0.269. The average molecular weight is 235 g/mol. The van der Waals surface area contributed by atoms with Gasteiger partial charge in [0, 0.05) is 18.5 Å². The summed E-state index contributed by atoms with van der Waals surface area (Å²) in [6.45, 7) is 3.19. The number of carbonyl (C=O) groups excluding carboxylic acids is 1. The molecule has 0 radical (unpaired) electrons. The third kappa shape index (κ3) is 2.97. The molecule has 1 saturated heterocycles. The van der Waals surface area contributed by atoms with Gasteiger partial charge in [0.05, 0.1) is 18.8 Å². The molecule has 4 nitrogen and oxygen atoms in total. The van der Waals surface area contributed by atoms with Crippen molar-refractivity contribution in [2.75, 3.05) is 18.9 Å². The molecule has 2 rings (SSSR count). The third-order valence-electron chi connectivity index (χ3n) is 2.91. The maximum Gasteiger partial charge on any atom is 0.338 e. The number of anilines is 1. The van der Waals surface area contributed by atoms with Gasteiger partial charge in [-0.25, -0.2) is 4.79 Å². The van der Waals surface area contributed by atoms with Gasteiger partial charge < -0.3 is 15.2 Å². The normalized spacial score (nSPS) is 16.8. The second kappa shape index (κ2) is 5.19. The Labute approximate surface area is 101 Å². The summed E-state index contributed by atoms with van der Waals surface area (Å²) in [4.78, 5) is 11.9. The molecule has 1 fully saturated rings. The van der Waals surface area contributed by atoms with Crippen LogP contribution in [0.5, 0.6) is 0 Å². The Morgan fingerprint density at radius 1 is 1.41 bits per heavy atom. The molecule has 0 unspecified atom stereocenters. The second-order valence-electron chi connectivity index (χ2n) is 4.29. The molecule has 1 aromatic rings. The minimum Gasteiger partial charge on any atom is -0.459 e. The summed E-state index contributed by atoms with van der Waals surface area (Å²) in [5.74, 6) is -0.269. The highest BCUT2D eigenvalue weighted by molar-refractivity contribution is 5.91. The number of nitrogen functional groups attached to an aromatic ring is 1. The van der Waals surface area contributed by atoms with Gasteiger partial charge in [-0.15, -0.1) is 0 Å². The van der Waals surface area contributed by atoms with Crippen molar-refractivity contribution in [3.8, 4) is 0 Å². The molecule has 0 amide bonds. The third-order valence-corrected chi connectivity index (χ3v) is 2.91. The number of benzene rings is 1. The van der Waals surface area contributed by atoms with Gasteiger partial charge in [0.1, 0.15) is 6.10 Å². The molecular formula is C13H17NO3. The highest BCUT2D eigenvalue weighted by Crippen LogP contribution is 2.17. The van der Waals surface area contributed by atoms with Crippen molar-refractivity contribution in [2.45, 2.75) is 25.9 Å². The van der Waals surface area contributed by atoms with Crippen LogP contribution in [0.4, 0.5) is 5.69 Å². The molecule has 0 aliphatic carbocycles. The quantitative estimate of drug-likeness (QED) is 0.628. The van der Waals surface area contributed by atoms with Gasteiger partial charge in [-0.2, -0.15) is 0 Å². The van der Waals surface area contributed by atoms with Crippen LogP contribution in [-0.4, -0.2) is 25.3 Å². The molecule has 0 saturated carbocycles. The largest absolute Gasteiger partial charge is 0.459 e. The van der Waals surface area contributed by atoms with E-state index in [1.54, 1.807) is 18.2 Å². The van der Waals surface area contributed by atoms with Crippen LogP contribution in [0.25, 0.3) is 0 Å². The van der Waals surface area contributed by atoms with Gasteiger partial charge >= 0.3 is 5.97 Å². The fourth-order valence-corrected chi connectivity index (χ4v) is 1.92. The second-order valence-corrected chi connectivity index (χ2v) is 4.29. The summed E-state index contributed by atoms with van der Waals surface area (Å²) in [5, 5.41) is 0. The molecule has 0 atom stereocenters. The van der Waals surface area contributed by atoms with Gasteiger partial charge in [0.15, 0.2) is 0 Å². The molecule has 4 heteroatoms. The van der Waals surface area contributed by atoms with Gasteiger partial charge in [-0.05, 0) is 30.7 Å². The number of nitrogens with two attached hydrogens (primary N) is 1. The molecule has 0 aromatic heterocycles. The van der Waals surface area contributed by atoms with Crippen LogP contribution in [0, 0.1) is 6.92 Å². The Hall–Kier alpha value is -1.55. The van der Waals surface area contributed by atoms with E-state index in [1.165, 1.54) is 0 Å². The van der Waals surface area contributed by atoms with E-state index in [-0.39, 0.29) is 12.1 Å². The Morgan fingerprint density at radius 3 is 2.76 bits per heavy atom. The minimum absolute atomic E-state index is 0.0202. The zero-order valence-electron chi connectivity index (χ0n) is 9.94. The molecule has 1 aromatic carbocycles. The lowest BCUT2D eigenvalue weighted by Crippen LogP contribution is -2.26. The van der Waals surface area contributed by atoms with Crippen LogP contribution in [0.15, 0.2) is 18.2 Å². The van der Waals surface area contributed by atoms with Crippen molar-refractivity contribution >= 4 is 11.7 Å². The van der Waals surface area contributed by atoms with Gasteiger partial charge in [0.2, 0.25) is 0 Å². The first-order valence-corrected chi connectivity index (χ1v) is 5.81. The summed E-state index contributed by atoms with van der Waals surface area (Å²) in [7, 11) is 0. The first kappa shape index (κ1) is 11.9. The lowest BCUT2D eigenvalue weighted by atomic mass is 10.1. The van der Waals surface area contributed by atoms with Gasteiger partial charge in [-0.1, -0.05) is 0 Å². The number of hydrogen-bond acceptors (Lipinski definition) is 4. The van der Waals surface area contributed by atoms with E-state index in [0.717, 1.165) is 18.4 Å². The summed E-state index contributed by atoms with van der Waals surface area (Å²) in [6.07, 6.45) is 1.53. The maximum absolute atomic E-state index is 11.9. The van der Waals surface area contributed by atoms with Crippen LogP contribution >= 0.6 is 0 Å². The highest BCUT2D eigenvalue weighted by atomic mass is 16.6. The number of ether oxygens (including phenoxy) is 2. The van der Waals surface area contributed by atoms with E-state index in [2.05, 4.69) is 0 Å². The van der Waals surface area contributed by atoms with E-state index in [9.17, 15) is 4.79 Å². The predicted molar refractivity (Wildman–Crippen MR) is 64.8 cm³/mol. The predicted octanol–water partition coefficient (Wildman–Crippen LogP) is 1.91. The zero-order chi connectivity index (χ0) is 12.3. The summed E-state index contributed by atoms with van der Waals surface area (Å²) in [6, 6.07) is 5.21. The van der Waals surface area contributed by atoms with E-state index in [0.29, 0.717) is 24.5 Å².